The van der Waals surface area contributed by atoms with Crippen molar-refractivity contribution in [2.24, 2.45) is 0 Å². The molecule has 19 heavy (non-hydrogen) atoms. The summed E-state index contributed by atoms with van der Waals surface area (Å²) in [6.07, 6.45) is 0.284. The minimum absolute atomic E-state index is 0.0111. The van der Waals surface area contributed by atoms with Gasteiger partial charge in [0.15, 0.2) is 0 Å². The van der Waals surface area contributed by atoms with Crippen LogP contribution in [0.15, 0.2) is 28.7 Å². The van der Waals surface area contributed by atoms with E-state index in [1.807, 2.05) is 31.2 Å². The van der Waals surface area contributed by atoms with Crippen molar-refractivity contribution >= 4 is 27.8 Å². The number of likely N-dealkylation sites (N-methyl/N-ethyl adjacent to an activating group) is 1. The Morgan fingerprint density at radius 3 is 2.63 bits per heavy atom. The van der Waals surface area contributed by atoms with Crippen LogP contribution in [0.2, 0.25) is 0 Å². The molecule has 0 fully saturated rings. The maximum Gasteiger partial charge on any atom is 0.325 e. The molecule has 0 aliphatic carbocycles. The molecule has 0 bridgehead atoms. The van der Waals surface area contributed by atoms with Crippen LogP contribution in [0.1, 0.15) is 19.4 Å². The van der Waals surface area contributed by atoms with Crippen molar-refractivity contribution in [2.75, 3.05) is 19.7 Å². The van der Waals surface area contributed by atoms with Gasteiger partial charge in [-0.3, -0.25) is 9.59 Å². The van der Waals surface area contributed by atoms with Crippen LogP contribution in [0, 0.1) is 0 Å². The minimum Gasteiger partial charge on any atom is -0.465 e. The summed E-state index contributed by atoms with van der Waals surface area (Å²) in [4.78, 5) is 25.0. The van der Waals surface area contributed by atoms with Gasteiger partial charge in [-0.1, -0.05) is 28.1 Å². The number of halogens is 1. The zero-order valence-electron chi connectivity index (χ0n) is 11.2. The van der Waals surface area contributed by atoms with Crippen LogP contribution in [-0.4, -0.2) is 36.5 Å². The van der Waals surface area contributed by atoms with Crippen molar-refractivity contribution in [1.82, 2.24) is 4.90 Å². The molecule has 0 saturated heterocycles. The van der Waals surface area contributed by atoms with Crippen LogP contribution in [0.3, 0.4) is 0 Å². The Bertz CT molecular complexity index is 448. The van der Waals surface area contributed by atoms with Crippen molar-refractivity contribution in [2.45, 2.75) is 20.3 Å². The molecular formula is C14H18BrNO3. The lowest BCUT2D eigenvalue weighted by Gasteiger charge is -2.19. The minimum atomic E-state index is -0.369. The van der Waals surface area contributed by atoms with Crippen molar-refractivity contribution in [1.29, 1.82) is 0 Å². The van der Waals surface area contributed by atoms with Gasteiger partial charge < -0.3 is 9.64 Å². The van der Waals surface area contributed by atoms with Crippen LogP contribution < -0.4 is 0 Å². The number of esters is 1. The van der Waals surface area contributed by atoms with Crippen molar-refractivity contribution in [3.05, 3.63) is 34.3 Å². The van der Waals surface area contributed by atoms with Crippen LogP contribution in [0.4, 0.5) is 0 Å². The molecule has 104 valence electrons. The van der Waals surface area contributed by atoms with Gasteiger partial charge >= 0.3 is 5.97 Å². The summed E-state index contributed by atoms with van der Waals surface area (Å²) in [6, 6.07) is 7.58. The molecule has 0 heterocycles. The molecule has 0 saturated carbocycles. The van der Waals surface area contributed by atoms with Gasteiger partial charge in [0.2, 0.25) is 5.91 Å². The first-order chi connectivity index (χ1) is 9.06. The number of carbonyl (C=O) groups excluding carboxylic acids is 2. The SMILES string of the molecule is CCOC(=O)CN(CC)C(=O)Cc1cccc(Br)c1. The molecule has 0 radical (unpaired) electrons. The molecule has 5 heteroatoms. The number of rotatable bonds is 6. The van der Waals surface area contributed by atoms with Crippen LogP contribution >= 0.6 is 15.9 Å². The Hall–Kier alpha value is -1.36. The van der Waals surface area contributed by atoms with Crippen LogP contribution in [0.25, 0.3) is 0 Å². The molecule has 1 aromatic rings. The van der Waals surface area contributed by atoms with Gasteiger partial charge in [-0.2, -0.15) is 0 Å². The second-order valence-corrected chi connectivity index (χ2v) is 4.94. The summed E-state index contributed by atoms with van der Waals surface area (Å²) in [5, 5.41) is 0. The average Bonchev–Trinajstić information content (AvgIpc) is 2.36. The lowest BCUT2D eigenvalue weighted by Crippen LogP contribution is -2.37. The maximum absolute atomic E-state index is 12.1. The van der Waals surface area contributed by atoms with Gasteiger partial charge in [-0.15, -0.1) is 0 Å². The largest absolute Gasteiger partial charge is 0.465 e. The van der Waals surface area contributed by atoms with Gasteiger partial charge in [0.25, 0.3) is 0 Å². The Morgan fingerprint density at radius 2 is 2.05 bits per heavy atom. The third-order valence-electron chi connectivity index (χ3n) is 2.60. The molecule has 0 spiro atoms. The number of amides is 1. The summed E-state index contributed by atoms with van der Waals surface area (Å²) < 4.78 is 5.79. The molecule has 1 amide bonds. The number of nitrogens with zero attached hydrogens (tertiary/aromatic N) is 1. The summed E-state index contributed by atoms with van der Waals surface area (Å²) in [5.74, 6) is -0.444. The van der Waals surface area contributed by atoms with E-state index in [1.54, 1.807) is 6.92 Å². The number of hydrogen-bond donors (Lipinski definition) is 0. The first-order valence-electron chi connectivity index (χ1n) is 6.24. The van der Waals surface area contributed by atoms with E-state index in [4.69, 9.17) is 4.74 Å². The summed E-state index contributed by atoms with van der Waals surface area (Å²) in [6.45, 7) is 4.43. The van der Waals surface area contributed by atoms with Crippen molar-refractivity contribution in [3.8, 4) is 0 Å². The first-order valence-corrected chi connectivity index (χ1v) is 7.04. The second-order valence-electron chi connectivity index (χ2n) is 4.02. The standard InChI is InChI=1S/C14H18BrNO3/c1-3-16(10-14(18)19-4-2)13(17)9-11-6-5-7-12(15)8-11/h5-8H,3-4,9-10H2,1-2H3. The quantitative estimate of drug-likeness (QED) is 0.754. The van der Waals surface area contributed by atoms with E-state index in [-0.39, 0.29) is 24.8 Å². The zero-order valence-corrected chi connectivity index (χ0v) is 12.8. The van der Waals surface area contributed by atoms with E-state index in [1.165, 1.54) is 4.90 Å². The summed E-state index contributed by atoms with van der Waals surface area (Å²) in [7, 11) is 0. The van der Waals surface area contributed by atoms with Gasteiger partial charge in [-0.05, 0) is 31.5 Å². The second kappa shape index (κ2) is 7.94. The maximum atomic E-state index is 12.1. The Balaban J connectivity index is 2.61. The predicted octanol–water partition coefficient (Wildman–Crippen LogP) is 2.40. The lowest BCUT2D eigenvalue weighted by molar-refractivity contribution is -0.148. The first kappa shape index (κ1) is 15.7. The third kappa shape index (κ3) is 5.42. The monoisotopic (exact) mass is 327 g/mol. The Morgan fingerprint density at radius 1 is 1.32 bits per heavy atom. The highest BCUT2D eigenvalue weighted by Gasteiger charge is 2.16. The number of carbonyl (C=O) groups is 2. The fourth-order valence-electron chi connectivity index (χ4n) is 1.67. The fourth-order valence-corrected chi connectivity index (χ4v) is 2.12. The van der Waals surface area contributed by atoms with Crippen molar-refractivity contribution in [3.63, 3.8) is 0 Å². The normalized spacial score (nSPS) is 10.1. The summed E-state index contributed by atoms with van der Waals surface area (Å²) in [5.41, 5.74) is 0.918. The smallest absolute Gasteiger partial charge is 0.325 e. The lowest BCUT2D eigenvalue weighted by atomic mass is 10.1. The van der Waals surface area contributed by atoms with E-state index in [2.05, 4.69) is 15.9 Å². The molecular weight excluding hydrogens is 310 g/mol. The molecule has 1 aromatic carbocycles. The highest BCUT2D eigenvalue weighted by molar-refractivity contribution is 9.10. The van der Waals surface area contributed by atoms with E-state index in [0.717, 1.165) is 10.0 Å². The topological polar surface area (TPSA) is 46.6 Å². The average molecular weight is 328 g/mol. The molecule has 0 unspecified atom stereocenters. The van der Waals surface area contributed by atoms with E-state index < -0.39 is 0 Å². The number of benzene rings is 1. The number of ether oxygens (including phenoxy) is 1. The highest BCUT2D eigenvalue weighted by Crippen LogP contribution is 2.12. The molecule has 0 aromatic heterocycles. The molecule has 1 rings (SSSR count). The van der Waals surface area contributed by atoms with Crippen molar-refractivity contribution < 1.29 is 14.3 Å². The molecule has 0 aliphatic heterocycles. The number of hydrogen-bond acceptors (Lipinski definition) is 3. The predicted molar refractivity (Wildman–Crippen MR) is 76.7 cm³/mol. The molecule has 0 atom stereocenters. The van der Waals surface area contributed by atoms with Crippen LogP contribution in [-0.2, 0) is 20.7 Å². The van der Waals surface area contributed by atoms with E-state index in [9.17, 15) is 9.59 Å². The van der Waals surface area contributed by atoms with Gasteiger partial charge in [0, 0.05) is 11.0 Å². The van der Waals surface area contributed by atoms with E-state index in [0.29, 0.717) is 13.2 Å². The van der Waals surface area contributed by atoms with Gasteiger partial charge in [-0.25, -0.2) is 0 Å². The third-order valence-corrected chi connectivity index (χ3v) is 3.10. The molecule has 0 aliphatic rings. The van der Waals surface area contributed by atoms with Gasteiger partial charge in [0.05, 0.1) is 13.0 Å². The summed E-state index contributed by atoms with van der Waals surface area (Å²) >= 11 is 3.37. The highest BCUT2D eigenvalue weighted by atomic mass is 79.9. The zero-order chi connectivity index (χ0) is 14.3. The Kier molecular flexibility index (Phi) is 6.56. The van der Waals surface area contributed by atoms with Crippen LogP contribution in [0.5, 0.6) is 0 Å². The molecule has 4 nitrogen and oxygen atoms in total. The Labute approximate surface area is 121 Å². The van der Waals surface area contributed by atoms with E-state index >= 15 is 0 Å². The molecule has 0 N–H and O–H groups in total. The fraction of sp³-hybridized carbons (Fsp3) is 0.429. The van der Waals surface area contributed by atoms with Gasteiger partial charge in [0.1, 0.15) is 6.54 Å².